The number of rotatable bonds is 7. The predicted molar refractivity (Wildman–Crippen MR) is 129 cm³/mol. The highest BCUT2D eigenvalue weighted by atomic mass is 35.5. The summed E-state index contributed by atoms with van der Waals surface area (Å²) >= 11 is 0. The van der Waals surface area contributed by atoms with E-state index >= 15 is 0 Å². The summed E-state index contributed by atoms with van der Waals surface area (Å²) in [6, 6.07) is 17.7. The Hall–Kier alpha value is -3.39. The number of nitrogen functional groups attached to an aromatic ring is 1. The molecule has 1 aromatic heterocycles. The molecule has 0 spiro atoms. The maximum absolute atomic E-state index is 13.2. The van der Waals surface area contributed by atoms with E-state index in [1.54, 1.807) is 11.7 Å². The number of halogens is 4. The molecule has 0 aliphatic rings. The van der Waals surface area contributed by atoms with Crippen molar-refractivity contribution in [2.75, 3.05) is 12.8 Å². The first-order valence-electron chi connectivity index (χ1n) is 10.5. The summed E-state index contributed by atoms with van der Waals surface area (Å²) in [4.78, 5) is 4.19. The topological polar surface area (TPSA) is 62.3 Å². The Labute approximate surface area is 201 Å². The van der Waals surface area contributed by atoms with Gasteiger partial charge in [0.15, 0.2) is 0 Å². The first-order chi connectivity index (χ1) is 15.7. The highest BCUT2D eigenvalue weighted by Gasteiger charge is 2.33. The number of ether oxygens (including phenoxy) is 2. The zero-order chi connectivity index (χ0) is 23.6. The summed E-state index contributed by atoms with van der Waals surface area (Å²) in [5.41, 5.74) is 7.31. The van der Waals surface area contributed by atoms with Gasteiger partial charge in [-0.25, -0.2) is 4.98 Å². The van der Waals surface area contributed by atoms with Gasteiger partial charge in [-0.2, -0.15) is 13.2 Å². The Kier molecular flexibility index (Phi) is 7.61. The van der Waals surface area contributed by atoms with Crippen molar-refractivity contribution in [2.24, 2.45) is 0 Å². The third kappa shape index (κ3) is 5.56. The largest absolute Gasteiger partial charge is 0.497 e. The molecule has 4 aromatic rings. The zero-order valence-corrected chi connectivity index (χ0v) is 19.5. The van der Waals surface area contributed by atoms with E-state index < -0.39 is 11.7 Å². The van der Waals surface area contributed by atoms with E-state index in [0.717, 1.165) is 28.7 Å². The molecule has 9 heteroatoms. The smallest absolute Gasteiger partial charge is 0.418 e. The molecule has 3 aromatic carbocycles. The summed E-state index contributed by atoms with van der Waals surface area (Å²) in [5, 5.41) is 0. The summed E-state index contributed by atoms with van der Waals surface area (Å²) in [6.45, 7) is 2.46. The van der Waals surface area contributed by atoms with Crippen molar-refractivity contribution in [2.45, 2.75) is 32.2 Å². The number of alkyl halides is 3. The second-order valence-corrected chi connectivity index (χ2v) is 7.79. The fourth-order valence-corrected chi connectivity index (χ4v) is 3.68. The van der Waals surface area contributed by atoms with Crippen LogP contribution in [0.4, 0.5) is 18.9 Å². The van der Waals surface area contributed by atoms with E-state index in [2.05, 4.69) is 4.98 Å². The second-order valence-electron chi connectivity index (χ2n) is 7.79. The SMILES string of the molecule is COc1ccc(C(C)Oc2ccc(CCn3cnc4cc(N)c(C(F)(F)F)cc43)cc2)cc1.Cl. The maximum atomic E-state index is 13.2. The lowest BCUT2D eigenvalue weighted by molar-refractivity contribution is -0.136. The van der Waals surface area contributed by atoms with Crippen LogP contribution in [0, 0.1) is 0 Å². The van der Waals surface area contributed by atoms with Crippen LogP contribution in [-0.2, 0) is 19.1 Å². The van der Waals surface area contributed by atoms with Gasteiger partial charge in [0.2, 0.25) is 0 Å². The molecule has 0 amide bonds. The fourth-order valence-electron chi connectivity index (χ4n) is 3.68. The number of hydrogen-bond donors (Lipinski definition) is 1. The Morgan fingerprint density at radius 1 is 1.00 bits per heavy atom. The number of aromatic nitrogens is 2. The normalized spacial score (nSPS) is 12.3. The first-order valence-corrected chi connectivity index (χ1v) is 10.5. The number of imidazole rings is 1. The first kappa shape index (κ1) is 25.2. The van der Waals surface area contributed by atoms with Crippen LogP contribution in [0.25, 0.3) is 11.0 Å². The van der Waals surface area contributed by atoms with E-state index in [1.807, 2.05) is 55.5 Å². The molecular weight excluding hydrogens is 467 g/mol. The molecule has 0 bridgehead atoms. The lowest BCUT2D eigenvalue weighted by Gasteiger charge is -2.16. The molecule has 1 atom stereocenters. The Morgan fingerprint density at radius 3 is 2.26 bits per heavy atom. The van der Waals surface area contributed by atoms with Gasteiger partial charge in [-0.15, -0.1) is 12.4 Å². The van der Waals surface area contributed by atoms with Crippen LogP contribution < -0.4 is 15.2 Å². The molecule has 0 aliphatic heterocycles. The van der Waals surface area contributed by atoms with Crippen LogP contribution in [0.3, 0.4) is 0 Å². The van der Waals surface area contributed by atoms with Crippen molar-refractivity contribution in [3.8, 4) is 11.5 Å². The van der Waals surface area contributed by atoms with Crippen LogP contribution in [0.2, 0.25) is 0 Å². The lowest BCUT2D eigenvalue weighted by Crippen LogP contribution is -2.09. The number of aryl methyl sites for hydroxylation is 2. The van der Waals surface area contributed by atoms with Crippen molar-refractivity contribution >= 4 is 29.1 Å². The highest BCUT2D eigenvalue weighted by Crippen LogP contribution is 2.36. The minimum Gasteiger partial charge on any atom is -0.497 e. The van der Waals surface area contributed by atoms with Gasteiger partial charge in [0.25, 0.3) is 0 Å². The van der Waals surface area contributed by atoms with Gasteiger partial charge in [-0.1, -0.05) is 24.3 Å². The predicted octanol–water partition coefficient (Wildman–Crippen LogP) is 6.45. The number of benzene rings is 3. The summed E-state index contributed by atoms with van der Waals surface area (Å²) in [5.74, 6) is 1.53. The van der Waals surface area contributed by atoms with E-state index in [4.69, 9.17) is 15.2 Å². The molecule has 34 heavy (non-hydrogen) atoms. The van der Waals surface area contributed by atoms with Gasteiger partial charge in [0.1, 0.15) is 17.6 Å². The number of methoxy groups -OCH3 is 1. The molecule has 0 aliphatic carbocycles. The number of hydrogen-bond acceptors (Lipinski definition) is 4. The van der Waals surface area contributed by atoms with Gasteiger partial charge < -0.3 is 19.8 Å². The molecule has 5 nitrogen and oxygen atoms in total. The molecule has 0 radical (unpaired) electrons. The van der Waals surface area contributed by atoms with Crippen LogP contribution in [0.1, 0.15) is 29.7 Å². The van der Waals surface area contributed by atoms with Crippen molar-refractivity contribution < 1.29 is 22.6 Å². The van der Waals surface area contributed by atoms with Gasteiger partial charge >= 0.3 is 6.18 Å². The third-order valence-corrected chi connectivity index (χ3v) is 5.56. The number of fused-ring (bicyclic) bond motifs is 1. The maximum Gasteiger partial charge on any atom is 0.418 e. The Morgan fingerprint density at radius 2 is 1.65 bits per heavy atom. The summed E-state index contributed by atoms with van der Waals surface area (Å²) < 4.78 is 52.5. The number of nitrogens with zero attached hydrogens (tertiary/aromatic N) is 2. The van der Waals surface area contributed by atoms with Crippen molar-refractivity contribution in [3.63, 3.8) is 0 Å². The number of anilines is 1. The van der Waals surface area contributed by atoms with Crippen molar-refractivity contribution in [1.82, 2.24) is 9.55 Å². The third-order valence-electron chi connectivity index (χ3n) is 5.56. The Bertz CT molecular complexity index is 1240. The van der Waals surface area contributed by atoms with Gasteiger partial charge in [0.05, 0.1) is 30.0 Å². The Balaban J connectivity index is 0.00000324. The van der Waals surface area contributed by atoms with Crippen LogP contribution in [0.5, 0.6) is 11.5 Å². The van der Waals surface area contributed by atoms with Gasteiger partial charge in [-0.3, -0.25) is 0 Å². The molecule has 1 unspecified atom stereocenters. The summed E-state index contributed by atoms with van der Waals surface area (Å²) in [7, 11) is 1.63. The molecular formula is C25H25ClF3N3O2. The molecule has 4 rings (SSSR count). The lowest BCUT2D eigenvalue weighted by atomic mass is 10.1. The molecule has 0 fully saturated rings. The standard InChI is InChI=1S/C25H24F3N3O2.ClH/c1-16(18-5-9-19(32-2)10-6-18)33-20-7-3-17(4-8-20)11-12-31-15-30-23-14-22(29)21(13-24(23)31)25(26,27)28;/h3-10,13-16H,11-12,29H2,1-2H3;1H. The number of nitrogens with two attached hydrogens (primary N) is 1. The minimum absolute atomic E-state index is 0. The molecule has 180 valence electrons. The highest BCUT2D eigenvalue weighted by molar-refractivity contribution is 5.85. The molecule has 0 saturated carbocycles. The fraction of sp³-hybridized carbons (Fsp3) is 0.240. The summed E-state index contributed by atoms with van der Waals surface area (Å²) in [6.07, 6.45) is -2.47. The van der Waals surface area contributed by atoms with Crippen LogP contribution >= 0.6 is 12.4 Å². The monoisotopic (exact) mass is 491 g/mol. The van der Waals surface area contributed by atoms with Crippen molar-refractivity contribution in [3.05, 3.63) is 83.7 Å². The van der Waals surface area contributed by atoms with Crippen molar-refractivity contribution in [1.29, 1.82) is 0 Å². The van der Waals surface area contributed by atoms with Crippen LogP contribution in [-0.4, -0.2) is 16.7 Å². The van der Waals surface area contributed by atoms with E-state index in [1.165, 1.54) is 12.4 Å². The van der Waals surface area contributed by atoms with E-state index in [-0.39, 0.29) is 24.2 Å². The molecule has 0 saturated heterocycles. The van der Waals surface area contributed by atoms with Gasteiger partial charge in [-0.05, 0) is 60.9 Å². The van der Waals surface area contributed by atoms with E-state index in [9.17, 15) is 13.2 Å². The van der Waals surface area contributed by atoms with Crippen LogP contribution in [0.15, 0.2) is 67.0 Å². The van der Waals surface area contributed by atoms with Gasteiger partial charge in [0, 0.05) is 12.2 Å². The zero-order valence-electron chi connectivity index (χ0n) is 18.7. The van der Waals surface area contributed by atoms with E-state index in [0.29, 0.717) is 24.0 Å². The molecule has 1 heterocycles. The quantitative estimate of drug-likeness (QED) is 0.302. The second kappa shape index (κ2) is 10.3. The molecule has 2 N–H and O–H groups in total. The average molecular weight is 492 g/mol. The minimum atomic E-state index is -4.51. The average Bonchev–Trinajstić information content (AvgIpc) is 3.19.